The first-order valence-corrected chi connectivity index (χ1v) is 38.5. The minimum absolute atomic E-state index is 0.875. The van der Waals surface area contributed by atoms with Crippen LogP contribution in [0.15, 0.2) is 0 Å². The molecular formula is C76H125N3. The van der Waals surface area contributed by atoms with Gasteiger partial charge in [0, 0.05) is 54.4 Å². The van der Waals surface area contributed by atoms with E-state index in [-0.39, 0.29) is 0 Å². The smallest absolute Gasteiger partial charge is 0.0147 e. The van der Waals surface area contributed by atoms with Crippen LogP contribution >= 0.6 is 0 Å². The van der Waals surface area contributed by atoms with Gasteiger partial charge in [-0.05, 0) is 248 Å². The molecule has 16 aliphatic rings. The molecule has 0 saturated heterocycles. The molecule has 0 aromatic rings. The van der Waals surface area contributed by atoms with E-state index in [1.807, 2.05) is 0 Å². The summed E-state index contributed by atoms with van der Waals surface area (Å²) in [6.45, 7) is 0. The Morgan fingerprint density at radius 1 is 0.152 bits per heavy atom. The van der Waals surface area contributed by atoms with Crippen LogP contribution in [0.5, 0.6) is 0 Å². The van der Waals surface area contributed by atoms with Gasteiger partial charge in [0.05, 0.1) is 0 Å². The summed E-state index contributed by atoms with van der Waals surface area (Å²) in [5.74, 6) is 18.7. The van der Waals surface area contributed by atoms with Gasteiger partial charge in [0.15, 0.2) is 0 Å². The molecule has 16 rings (SSSR count). The quantitative estimate of drug-likeness (QED) is 0.228. The van der Waals surface area contributed by atoms with Crippen LogP contribution in [-0.2, 0) is 0 Å². The summed E-state index contributed by atoms with van der Waals surface area (Å²) in [5, 5.41) is 0. The molecule has 0 spiro atoms. The molecule has 0 bridgehead atoms. The number of nitrogens with zero attached hydrogens (tertiary/aromatic N) is 3. The third kappa shape index (κ3) is 10.2. The second-order valence-electron chi connectivity index (χ2n) is 34.4. The molecule has 27 atom stereocenters. The molecule has 27 unspecified atom stereocenters. The predicted molar refractivity (Wildman–Crippen MR) is 329 cm³/mol. The number of fused-ring (bicyclic) bond motifs is 6. The molecule has 16 fully saturated rings. The molecule has 0 amide bonds. The SMILES string of the molecule is C1CCC2CC(N(C3CCCC4CCCCC43)C3CCC4CCC5C6C(CCC3C46)C(N(C3CCC4CCCCC4C3)C3CCCC4CCCCC43)CC5N(C3CCC4CCCCC4C3)C3CCCC4CCCCC43)CCC2C1. The molecule has 3 nitrogen and oxygen atoms in total. The molecule has 0 aromatic heterocycles. The van der Waals surface area contributed by atoms with Gasteiger partial charge in [-0.25, -0.2) is 0 Å². The molecular weight excluding hydrogens is 955 g/mol. The van der Waals surface area contributed by atoms with Crippen LogP contribution in [0.25, 0.3) is 0 Å². The van der Waals surface area contributed by atoms with E-state index >= 15 is 0 Å². The van der Waals surface area contributed by atoms with Gasteiger partial charge in [0.25, 0.3) is 0 Å². The third-order valence-corrected chi connectivity index (χ3v) is 31.7. The Balaban J connectivity index is 0.814. The van der Waals surface area contributed by atoms with Crippen molar-refractivity contribution in [1.82, 2.24) is 14.7 Å². The van der Waals surface area contributed by atoms with Crippen molar-refractivity contribution in [3.63, 3.8) is 0 Å². The Hall–Kier alpha value is -0.120. The fraction of sp³-hybridized carbons (Fsp3) is 1.00. The molecule has 79 heavy (non-hydrogen) atoms. The van der Waals surface area contributed by atoms with Crippen molar-refractivity contribution in [3.8, 4) is 0 Å². The molecule has 0 N–H and O–H groups in total. The van der Waals surface area contributed by atoms with Gasteiger partial charge < -0.3 is 0 Å². The molecule has 16 aliphatic carbocycles. The van der Waals surface area contributed by atoms with Crippen molar-refractivity contribution in [2.45, 2.75) is 369 Å². The van der Waals surface area contributed by atoms with Crippen molar-refractivity contribution >= 4 is 0 Å². The Morgan fingerprint density at radius 2 is 0.443 bits per heavy atom. The highest BCUT2D eigenvalue weighted by molar-refractivity contribution is 5.16. The summed E-state index contributed by atoms with van der Waals surface area (Å²) in [6, 6.07) is 8.11. The van der Waals surface area contributed by atoms with E-state index in [9.17, 15) is 0 Å². The first-order chi connectivity index (χ1) is 39.2. The number of hydrogen-bond donors (Lipinski definition) is 0. The number of hydrogen-bond acceptors (Lipinski definition) is 3. The van der Waals surface area contributed by atoms with E-state index in [0.717, 1.165) is 161 Å². The molecule has 16 saturated carbocycles. The zero-order chi connectivity index (χ0) is 52.0. The van der Waals surface area contributed by atoms with Crippen LogP contribution < -0.4 is 0 Å². The Morgan fingerprint density at radius 3 is 0.861 bits per heavy atom. The Labute approximate surface area is 487 Å². The van der Waals surface area contributed by atoms with Gasteiger partial charge in [0.1, 0.15) is 0 Å². The molecule has 0 aromatic carbocycles. The van der Waals surface area contributed by atoms with Crippen LogP contribution in [0.3, 0.4) is 0 Å². The second-order valence-corrected chi connectivity index (χ2v) is 34.4. The van der Waals surface area contributed by atoms with Gasteiger partial charge in [-0.1, -0.05) is 173 Å². The fourth-order valence-corrected chi connectivity index (χ4v) is 28.9. The Kier molecular flexibility index (Phi) is 16.4. The summed E-state index contributed by atoms with van der Waals surface area (Å²) in [7, 11) is 0. The Bertz CT molecular complexity index is 1910. The van der Waals surface area contributed by atoms with Gasteiger partial charge in [-0.3, -0.25) is 14.7 Å². The standard InChI is InChI=1S/C76H125N3/c1-4-22-57-46-60(39-34-50(57)16-1)77(69-31-13-25-53-19-7-10-28-63(53)69)72-45-38-56-37-42-67-73(78(61-40-35-51-17-2-5-23-58(51)47-61)70-32-14-26-54-20-8-11-29-64(54)70)49-74(68-44-43-66(72)75(56)76(67)68)79(62-41-36-52-18-3-6-24-59(52)48-62)71-33-15-27-55-21-9-12-30-65(55)71/h50-76H,1-49H2. The van der Waals surface area contributed by atoms with Crippen molar-refractivity contribution < 1.29 is 0 Å². The molecule has 3 heteroatoms. The maximum absolute atomic E-state index is 3.76. The van der Waals surface area contributed by atoms with Crippen molar-refractivity contribution in [2.75, 3.05) is 0 Å². The summed E-state index contributed by atoms with van der Waals surface area (Å²) in [5.41, 5.74) is 0. The molecule has 0 heterocycles. The van der Waals surface area contributed by atoms with Crippen LogP contribution in [0, 0.1) is 107 Å². The van der Waals surface area contributed by atoms with Crippen LogP contribution in [0.1, 0.15) is 315 Å². The van der Waals surface area contributed by atoms with E-state index in [2.05, 4.69) is 14.7 Å². The molecule has 0 aliphatic heterocycles. The highest BCUT2D eigenvalue weighted by Crippen LogP contribution is 2.65. The van der Waals surface area contributed by atoms with Gasteiger partial charge in [-0.2, -0.15) is 0 Å². The normalized spacial score (nSPS) is 52.8. The van der Waals surface area contributed by atoms with Crippen LogP contribution in [0.4, 0.5) is 0 Å². The van der Waals surface area contributed by atoms with E-state index in [0.29, 0.717) is 0 Å². The van der Waals surface area contributed by atoms with E-state index in [1.165, 1.54) is 0 Å². The lowest BCUT2D eigenvalue weighted by Gasteiger charge is -2.68. The summed E-state index contributed by atoms with van der Waals surface area (Å²) >= 11 is 0. The highest BCUT2D eigenvalue weighted by atomic mass is 15.3. The monoisotopic (exact) mass is 1080 g/mol. The van der Waals surface area contributed by atoms with Crippen LogP contribution in [-0.4, -0.2) is 69.1 Å². The highest BCUT2D eigenvalue weighted by Gasteiger charge is 2.63. The second kappa shape index (κ2) is 23.9. The molecule has 0 radical (unpaired) electrons. The van der Waals surface area contributed by atoms with Crippen molar-refractivity contribution in [1.29, 1.82) is 0 Å². The van der Waals surface area contributed by atoms with Gasteiger partial charge in [0.2, 0.25) is 0 Å². The summed E-state index contributed by atoms with van der Waals surface area (Å²) in [4.78, 5) is 11.2. The summed E-state index contributed by atoms with van der Waals surface area (Å²) in [6.07, 6.45) is 77.5. The zero-order valence-corrected chi connectivity index (χ0v) is 51.6. The van der Waals surface area contributed by atoms with Gasteiger partial charge in [-0.15, -0.1) is 0 Å². The largest absolute Gasteiger partial charge is 0.294 e. The van der Waals surface area contributed by atoms with Gasteiger partial charge >= 0.3 is 0 Å². The minimum atomic E-state index is 0.875. The first kappa shape index (κ1) is 54.3. The average molecular weight is 1080 g/mol. The van der Waals surface area contributed by atoms with Crippen molar-refractivity contribution in [2.24, 2.45) is 107 Å². The molecule has 444 valence electrons. The van der Waals surface area contributed by atoms with E-state index in [4.69, 9.17) is 0 Å². The lowest BCUT2D eigenvalue weighted by atomic mass is 9.45. The number of rotatable bonds is 9. The first-order valence-electron chi connectivity index (χ1n) is 38.5. The topological polar surface area (TPSA) is 9.72 Å². The van der Waals surface area contributed by atoms with Crippen LogP contribution in [0.2, 0.25) is 0 Å². The van der Waals surface area contributed by atoms with E-state index < -0.39 is 0 Å². The maximum Gasteiger partial charge on any atom is 0.0147 e. The fourth-order valence-electron chi connectivity index (χ4n) is 28.9. The van der Waals surface area contributed by atoms with Crippen molar-refractivity contribution in [3.05, 3.63) is 0 Å². The van der Waals surface area contributed by atoms with E-state index in [1.54, 1.807) is 315 Å². The lowest BCUT2D eigenvalue weighted by Crippen LogP contribution is -2.70. The maximum atomic E-state index is 3.76. The third-order valence-electron chi connectivity index (χ3n) is 31.7. The zero-order valence-electron chi connectivity index (χ0n) is 51.6. The average Bonchev–Trinajstić information content (AvgIpc) is 3.57. The minimum Gasteiger partial charge on any atom is -0.294 e. The lowest BCUT2D eigenvalue weighted by molar-refractivity contribution is -0.189. The summed E-state index contributed by atoms with van der Waals surface area (Å²) < 4.78 is 0. The predicted octanol–water partition coefficient (Wildman–Crippen LogP) is 19.6.